The molecule has 21 heavy (non-hydrogen) atoms. The Balaban J connectivity index is 1.47. The summed E-state index contributed by atoms with van der Waals surface area (Å²) in [6.07, 6.45) is 5.15. The predicted octanol–water partition coefficient (Wildman–Crippen LogP) is 1.99. The first-order valence-electron chi connectivity index (χ1n) is 7.67. The molecule has 2 aliphatic heterocycles. The van der Waals surface area contributed by atoms with E-state index in [1.54, 1.807) is 6.20 Å². The molecule has 108 valence electrons. The summed E-state index contributed by atoms with van der Waals surface area (Å²) in [6.45, 7) is 0.557. The third-order valence-electron chi connectivity index (χ3n) is 4.81. The average Bonchev–Trinajstić information content (AvgIpc) is 3.15. The van der Waals surface area contributed by atoms with E-state index in [0.29, 0.717) is 18.6 Å². The molecular formula is C17H19N3O. The van der Waals surface area contributed by atoms with E-state index in [9.17, 15) is 4.79 Å². The van der Waals surface area contributed by atoms with Crippen LogP contribution in [0, 0.1) is 5.92 Å². The number of pyridine rings is 1. The predicted molar refractivity (Wildman–Crippen MR) is 81.6 cm³/mol. The molecule has 3 atom stereocenters. The van der Waals surface area contributed by atoms with E-state index in [-0.39, 0.29) is 11.8 Å². The van der Waals surface area contributed by atoms with Crippen molar-refractivity contribution in [2.75, 3.05) is 0 Å². The van der Waals surface area contributed by atoms with Crippen LogP contribution in [0.4, 0.5) is 0 Å². The van der Waals surface area contributed by atoms with Gasteiger partial charge in [-0.1, -0.05) is 24.3 Å². The first-order valence-corrected chi connectivity index (χ1v) is 7.67. The van der Waals surface area contributed by atoms with Crippen molar-refractivity contribution >= 4 is 16.8 Å². The Morgan fingerprint density at radius 1 is 1.29 bits per heavy atom. The molecule has 0 saturated carbocycles. The lowest BCUT2D eigenvalue weighted by atomic mass is 9.88. The van der Waals surface area contributed by atoms with E-state index in [4.69, 9.17) is 0 Å². The summed E-state index contributed by atoms with van der Waals surface area (Å²) in [6, 6.07) is 11.0. The van der Waals surface area contributed by atoms with Gasteiger partial charge in [0.1, 0.15) is 0 Å². The highest BCUT2D eigenvalue weighted by Gasteiger charge is 2.42. The summed E-state index contributed by atoms with van der Waals surface area (Å²) in [5, 5.41) is 7.73. The van der Waals surface area contributed by atoms with E-state index in [2.05, 4.69) is 15.6 Å². The Labute approximate surface area is 124 Å². The Bertz CT molecular complexity index is 679. The third kappa shape index (κ3) is 2.29. The second-order valence-electron chi connectivity index (χ2n) is 6.10. The summed E-state index contributed by atoms with van der Waals surface area (Å²) >= 11 is 0. The number of rotatable bonds is 3. The highest BCUT2D eigenvalue weighted by atomic mass is 16.1. The number of hydrogen-bond acceptors (Lipinski definition) is 3. The normalized spacial score (nSPS) is 27.1. The van der Waals surface area contributed by atoms with Crippen LogP contribution in [0.5, 0.6) is 0 Å². The molecule has 2 saturated heterocycles. The molecule has 0 aliphatic carbocycles. The van der Waals surface area contributed by atoms with Gasteiger partial charge in [-0.15, -0.1) is 0 Å². The fourth-order valence-electron chi connectivity index (χ4n) is 3.74. The molecule has 2 aliphatic rings. The Hall–Kier alpha value is -1.94. The topological polar surface area (TPSA) is 54.0 Å². The molecule has 4 rings (SSSR count). The van der Waals surface area contributed by atoms with Crippen molar-refractivity contribution in [1.82, 2.24) is 15.6 Å². The fraction of sp³-hybridized carbons (Fsp3) is 0.412. The number of amides is 1. The second kappa shape index (κ2) is 5.11. The number of fused-ring (bicyclic) bond motifs is 3. The molecule has 2 fully saturated rings. The SMILES string of the molecule is O=C(NCc1cccc2cccnc12)C1CC2CCC1N2. The maximum atomic E-state index is 12.4. The molecule has 1 amide bonds. The Morgan fingerprint density at radius 2 is 2.19 bits per heavy atom. The van der Waals surface area contributed by atoms with E-state index in [1.807, 2.05) is 30.3 Å². The summed E-state index contributed by atoms with van der Waals surface area (Å²) in [5.41, 5.74) is 2.06. The van der Waals surface area contributed by atoms with Crippen LogP contribution in [-0.4, -0.2) is 23.0 Å². The molecule has 4 heteroatoms. The van der Waals surface area contributed by atoms with Gasteiger partial charge in [0.25, 0.3) is 0 Å². The quantitative estimate of drug-likeness (QED) is 0.904. The van der Waals surface area contributed by atoms with Crippen LogP contribution in [-0.2, 0) is 11.3 Å². The van der Waals surface area contributed by atoms with Gasteiger partial charge in [0.15, 0.2) is 0 Å². The minimum Gasteiger partial charge on any atom is -0.352 e. The first-order chi connectivity index (χ1) is 10.3. The second-order valence-corrected chi connectivity index (χ2v) is 6.10. The van der Waals surface area contributed by atoms with Crippen LogP contribution in [0.2, 0.25) is 0 Å². The average molecular weight is 281 g/mol. The molecule has 2 aromatic rings. The zero-order chi connectivity index (χ0) is 14.2. The van der Waals surface area contributed by atoms with E-state index < -0.39 is 0 Å². The molecule has 2 bridgehead atoms. The van der Waals surface area contributed by atoms with Gasteiger partial charge < -0.3 is 10.6 Å². The fourth-order valence-corrected chi connectivity index (χ4v) is 3.74. The number of hydrogen-bond donors (Lipinski definition) is 2. The molecule has 3 heterocycles. The summed E-state index contributed by atoms with van der Waals surface area (Å²) in [7, 11) is 0. The number of carbonyl (C=O) groups is 1. The number of nitrogens with one attached hydrogen (secondary N) is 2. The van der Waals surface area contributed by atoms with E-state index in [0.717, 1.165) is 29.3 Å². The lowest BCUT2D eigenvalue weighted by molar-refractivity contribution is -0.125. The highest BCUT2D eigenvalue weighted by molar-refractivity contribution is 5.83. The van der Waals surface area contributed by atoms with Crippen LogP contribution in [0.1, 0.15) is 24.8 Å². The van der Waals surface area contributed by atoms with Crippen LogP contribution in [0.3, 0.4) is 0 Å². The van der Waals surface area contributed by atoms with Gasteiger partial charge in [-0.3, -0.25) is 9.78 Å². The first kappa shape index (κ1) is 12.8. The number of para-hydroxylation sites is 1. The Morgan fingerprint density at radius 3 is 3.00 bits per heavy atom. The lowest BCUT2D eigenvalue weighted by Crippen LogP contribution is -2.37. The molecular weight excluding hydrogens is 262 g/mol. The van der Waals surface area contributed by atoms with Crippen LogP contribution < -0.4 is 10.6 Å². The summed E-state index contributed by atoms with van der Waals surface area (Å²) < 4.78 is 0. The van der Waals surface area contributed by atoms with E-state index in [1.165, 1.54) is 6.42 Å². The van der Waals surface area contributed by atoms with Gasteiger partial charge in [0.2, 0.25) is 5.91 Å². The monoisotopic (exact) mass is 281 g/mol. The number of nitrogens with zero attached hydrogens (tertiary/aromatic N) is 1. The molecule has 0 spiro atoms. The zero-order valence-electron chi connectivity index (χ0n) is 11.9. The maximum Gasteiger partial charge on any atom is 0.225 e. The van der Waals surface area contributed by atoms with Crippen molar-refractivity contribution in [2.24, 2.45) is 5.92 Å². The number of carbonyl (C=O) groups excluding carboxylic acids is 1. The van der Waals surface area contributed by atoms with Crippen molar-refractivity contribution in [3.63, 3.8) is 0 Å². The summed E-state index contributed by atoms with van der Waals surface area (Å²) in [5.74, 6) is 0.328. The maximum absolute atomic E-state index is 12.4. The number of benzene rings is 1. The van der Waals surface area contributed by atoms with Gasteiger partial charge in [-0.2, -0.15) is 0 Å². The minimum atomic E-state index is 0.145. The zero-order valence-corrected chi connectivity index (χ0v) is 11.9. The van der Waals surface area contributed by atoms with Crippen molar-refractivity contribution in [3.05, 3.63) is 42.1 Å². The van der Waals surface area contributed by atoms with Crippen LogP contribution in [0.15, 0.2) is 36.5 Å². The molecule has 3 unspecified atom stereocenters. The standard InChI is InChI=1S/C17H19N3O/c21-17(14-9-13-6-7-15(14)20-13)19-10-12-4-1-3-11-5-2-8-18-16(11)12/h1-5,8,13-15,20H,6-7,9-10H2,(H,19,21). The molecule has 4 nitrogen and oxygen atoms in total. The smallest absolute Gasteiger partial charge is 0.225 e. The van der Waals surface area contributed by atoms with E-state index >= 15 is 0 Å². The Kier molecular flexibility index (Phi) is 3.11. The molecule has 2 N–H and O–H groups in total. The van der Waals surface area contributed by atoms with Gasteiger partial charge in [-0.25, -0.2) is 0 Å². The van der Waals surface area contributed by atoms with Crippen molar-refractivity contribution in [3.8, 4) is 0 Å². The molecule has 0 radical (unpaired) electrons. The van der Waals surface area contributed by atoms with Crippen molar-refractivity contribution < 1.29 is 4.79 Å². The minimum absolute atomic E-state index is 0.145. The number of aromatic nitrogens is 1. The van der Waals surface area contributed by atoms with Crippen LogP contribution in [0.25, 0.3) is 10.9 Å². The lowest BCUT2D eigenvalue weighted by Gasteiger charge is -2.19. The van der Waals surface area contributed by atoms with Gasteiger partial charge >= 0.3 is 0 Å². The third-order valence-corrected chi connectivity index (χ3v) is 4.81. The summed E-state index contributed by atoms with van der Waals surface area (Å²) in [4.78, 5) is 16.8. The van der Waals surface area contributed by atoms with Crippen LogP contribution >= 0.6 is 0 Å². The van der Waals surface area contributed by atoms with Gasteiger partial charge in [-0.05, 0) is 30.9 Å². The highest BCUT2D eigenvalue weighted by Crippen LogP contribution is 2.33. The molecule has 1 aromatic heterocycles. The largest absolute Gasteiger partial charge is 0.352 e. The van der Waals surface area contributed by atoms with Gasteiger partial charge in [0.05, 0.1) is 11.4 Å². The van der Waals surface area contributed by atoms with Gasteiger partial charge in [0, 0.05) is 30.2 Å². The van der Waals surface area contributed by atoms with Crippen molar-refractivity contribution in [1.29, 1.82) is 0 Å². The van der Waals surface area contributed by atoms with Crippen molar-refractivity contribution in [2.45, 2.75) is 37.9 Å². The molecule has 1 aromatic carbocycles.